The van der Waals surface area contributed by atoms with Crippen molar-refractivity contribution < 1.29 is 27.9 Å². The maximum atomic E-state index is 11.7. The molecular formula is C10H12F3NO3. The second kappa shape index (κ2) is 5.74. The molecule has 0 spiro atoms. The Morgan fingerprint density at radius 1 is 1.35 bits per heavy atom. The number of hydrogen-bond donors (Lipinski definition) is 2. The fourth-order valence-electron chi connectivity index (χ4n) is 1.14. The van der Waals surface area contributed by atoms with Gasteiger partial charge in [0.2, 0.25) is 0 Å². The largest absolute Gasteiger partial charge is 0.504 e. The molecule has 0 fully saturated rings. The Labute approximate surface area is 95.9 Å². The van der Waals surface area contributed by atoms with Gasteiger partial charge >= 0.3 is 6.18 Å². The van der Waals surface area contributed by atoms with Crippen LogP contribution in [0.4, 0.5) is 13.2 Å². The molecule has 1 aromatic rings. The van der Waals surface area contributed by atoms with Crippen LogP contribution in [0.5, 0.6) is 11.5 Å². The van der Waals surface area contributed by atoms with E-state index >= 15 is 0 Å². The van der Waals surface area contributed by atoms with Crippen molar-refractivity contribution in [3.63, 3.8) is 0 Å². The summed E-state index contributed by atoms with van der Waals surface area (Å²) in [4.78, 5) is 4.20. The number of hydroxylamine groups is 1. The van der Waals surface area contributed by atoms with Crippen molar-refractivity contribution in [1.82, 2.24) is 5.48 Å². The van der Waals surface area contributed by atoms with Gasteiger partial charge in [0.25, 0.3) is 0 Å². The summed E-state index contributed by atoms with van der Waals surface area (Å²) in [7, 11) is 1.38. The molecule has 17 heavy (non-hydrogen) atoms. The molecule has 0 bridgehead atoms. The first-order valence-corrected chi connectivity index (χ1v) is 4.70. The first-order valence-electron chi connectivity index (χ1n) is 4.70. The van der Waals surface area contributed by atoms with Crippen LogP contribution in [0.25, 0.3) is 0 Å². The van der Waals surface area contributed by atoms with Crippen molar-refractivity contribution >= 4 is 0 Å². The fourth-order valence-corrected chi connectivity index (χ4v) is 1.14. The number of phenolic OH excluding ortho intramolecular Hbond substituents is 1. The van der Waals surface area contributed by atoms with E-state index in [0.29, 0.717) is 5.56 Å². The first-order chi connectivity index (χ1) is 7.94. The van der Waals surface area contributed by atoms with Gasteiger partial charge in [-0.1, -0.05) is 12.1 Å². The third-order valence-corrected chi connectivity index (χ3v) is 1.90. The average Bonchev–Trinajstić information content (AvgIpc) is 2.25. The molecule has 0 atom stereocenters. The van der Waals surface area contributed by atoms with Crippen LogP contribution in [-0.2, 0) is 11.4 Å². The SMILES string of the molecule is COc1cccc(CNOCC(F)(F)F)c1O. The molecule has 0 heterocycles. The van der Waals surface area contributed by atoms with E-state index < -0.39 is 12.8 Å². The van der Waals surface area contributed by atoms with Crippen LogP contribution in [0.1, 0.15) is 5.56 Å². The Bertz CT molecular complexity index is 368. The summed E-state index contributed by atoms with van der Waals surface area (Å²) in [6.45, 7) is -1.45. The maximum absolute atomic E-state index is 11.7. The lowest BCUT2D eigenvalue weighted by atomic mass is 10.2. The number of hydrogen-bond acceptors (Lipinski definition) is 4. The van der Waals surface area contributed by atoms with Crippen LogP contribution in [0.3, 0.4) is 0 Å². The highest BCUT2D eigenvalue weighted by molar-refractivity contribution is 5.45. The van der Waals surface area contributed by atoms with E-state index in [1.165, 1.54) is 13.2 Å². The highest BCUT2D eigenvalue weighted by Gasteiger charge is 2.27. The third-order valence-electron chi connectivity index (χ3n) is 1.90. The number of aromatic hydroxyl groups is 1. The average molecular weight is 251 g/mol. The van der Waals surface area contributed by atoms with Gasteiger partial charge < -0.3 is 9.84 Å². The van der Waals surface area contributed by atoms with E-state index in [1.807, 2.05) is 0 Å². The Hall–Kier alpha value is -1.47. The van der Waals surface area contributed by atoms with Crippen LogP contribution in [0, 0.1) is 0 Å². The number of nitrogens with one attached hydrogen (secondary N) is 1. The molecule has 0 saturated carbocycles. The van der Waals surface area contributed by atoms with E-state index in [2.05, 4.69) is 10.3 Å². The number of benzene rings is 1. The number of alkyl halides is 3. The topological polar surface area (TPSA) is 50.7 Å². The molecule has 96 valence electrons. The molecule has 2 N–H and O–H groups in total. The van der Waals surface area contributed by atoms with Crippen molar-refractivity contribution in [2.75, 3.05) is 13.7 Å². The highest BCUT2D eigenvalue weighted by atomic mass is 19.4. The van der Waals surface area contributed by atoms with Crippen LogP contribution < -0.4 is 10.2 Å². The van der Waals surface area contributed by atoms with Gasteiger partial charge in [0.1, 0.15) is 0 Å². The molecule has 7 heteroatoms. The Morgan fingerprint density at radius 3 is 2.65 bits per heavy atom. The summed E-state index contributed by atoms with van der Waals surface area (Å²) in [5, 5.41) is 9.61. The monoisotopic (exact) mass is 251 g/mol. The van der Waals surface area contributed by atoms with Gasteiger partial charge in [-0.15, -0.1) is 0 Å². The minimum atomic E-state index is -4.39. The van der Waals surface area contributed by atoms with E-state index in [-0.39, 0.29) is 18.0 Å². The quantitative estimate of drug-likeness (QED) is 0.620. The van der Waals surface area contributed by atoms with Gasteiger partial charge in [-0.05, 0) is 6.07 Å². The van der Waals surface area contributed by atoms with E-state index in [1.54, 1.807) is 12.1 Å². The summed E-state index contributed by atoms with van der Waals surface area (Å²) in [6.07, 6.45) is -4.39. The molecule has 1 aromatic carbocycles. The van der Waals surface area contributed by atoms with Crippen LogP contribution in [-0.4, -0.2) is 25.0 Å². The molecule has 0 aliphatic heterocycles. The Kier molecular flexibility index (Phi) is 4.59. The highest BCUT2D eigenvalue weighted by Crippen LogP contribution is 2.29. The molecular weight excluding hydrogens is 239 g/mol. The van der Waals surface area contributed by atoms with E-state index in [4.69, 9.17) is 4.74 Å². The summed E-state index contributed by atoms with van der Waals surface area (Å²) in [6, 6.07) is 4.69. The Morgan fingerprint density at radius 2 is 2.06 bits per heavy atom. The van der Waals surface area contributed by atoms with Crippen molar-refractivity contribution in [1.29, 1.82) is 0 Å². The molecule has 4 nitrogen and oxygen atoms in total. The summed E-state index contributed by atoms with van der Waals surface area (Å²) < 4.78 is 40.1. The zero-order valence-corrected chi connectivity index (χ0v) is 9.04. The lowest BCUT2D eigenvalue weighted by Gasteiger charge is -2.11. The summed E-state index contributed by atoms with van der Waals surface area (Å²) in [5.41, 5.74) is 2.50. The van der Waals surface area contributed by atoms with Gasteiger partial charge in [-0.25, -0.2) is 0 Å². The van der Waals surface area contributed by atoms with Crippen LogP contribution in [0.2, 0.25) is 0 Å². The maximum Gasteiger partial charge on any atom is 0.413 e. The summed E-state index contributed by atoms with van der Waals surface area (Å²) >= 11 is 0. The van der Waals surface area contributed by atoms with Crippen LogP contribution >= 0.6 is 0 Å². The van der Waals surface area contributed by atoms with Crippen molar-refractivity contribution in [3.8, 4) is 11.5 Å². The molecule has 1 rings (SSSR count). The number of methoxy groups -OCH3 is 1. The minimum Gasteiger partial charge on any atom is -0.504 e. The molecule has 0 unspecified atom stereocenters. The standard InChI is InChI=1S/C10H12F3NO3/c1-16-8-4-2-3-7(9(8)15)5-14-17-6-10(11,12)13/h2-4,14-15H,5-6H2,1H3. The van der Waals surface area contributed by atoms with Gasteiger partial charge in [-0.3, -0.25) is 4.84 Å². The third kappa shape index (κ3) is 4.49. The smallest absolute Gasteiger partial charge is 0.413 e. The van der Waals surface area contributed by atoms with E-state index in [0.717, 1.165) is 0 Å². The van der Waals surface area contributed by atoms with Crippen LogP contribution in [0.15, 0.2) is 18.2 Å². The molecule has 0 radical (unpaired) electrons. The second-order valence-electron chi connectivity index (χ2n) is 3.19. The minimum absolute atomic E-state index is 0.0564. The van der Waals surface area contributed by atoms with Gasteiger partial charge in [0, 0.05) is 12.1 Å². The predicted octanol–water partition coefficient (Wildman–Crippen LogP) is 1.98. The zero-order valence-electron chi connectivity index (χ0n) is 9.04. The number of phenols is 1. The van der Waals surface area contributed by atoms with E-state index in [9.17, 15) is 18.3 Å². The molecule has 0 saturated heterocycles. The second-order valence-corrected chi connectivity index (χ2v) is 3.19. The van der Waals surface area contributed by atoms with Gasteiger partial charge in [0.15, 0.2) is 18.1 Å². The number of ether oxygens (including phenoxy) is 1. The number of halogens is 3. The predicted molar refractivity (Wildman–Crippen MR) is 53.5 cm³/mol. The lowest BCUT2D eigenvalue weighted by molar-refractivity contribution is -0.190. The first kappa shape index (κ1) is 13.6. The van der Waals surface area contributed by atoms with Gasteiger partial charge in [-0.2, -0.15) is 18.7 Å². The number of rotatable bonds is 5. The molecule has 0 aliphatic rings. The molecule has 0 aromatic heterocycles. The molecule has 0 amide bonds. The van der Waals surface area contributed by atoms with Gasteiger partial charge in [0.05, 0.1) is 7.11 Å². The number of para-hydroxylation sites is 1. The fraction of sp³-hybridized carbons (Fsp3) is 0.400. The molecule has 0 aliphatic carbocycles. The van der Waals surface area contributed by atoms with Crippen molar-refractivity contribution in [3.05, 3.63) is 23.8 Å². The zero-order chi connectivity index (χ0) is 12.9. The van der Waals surface area contributed by atoms with Crippen molar-refractivity contribution in [2.45, 2.75) is 12.7 Å². The Balaban J connectivity index is 2.47. The lowest BCUT2D eigenvalue weighted by Crippen LogP contribution is -2.24. The summed E-state index contributed by atoms with van der Waals surface area (Å²) in [5.74, 6) is 0.123. The van der Waals surface area contributed by atoms with Crippen molar-refractivity contribution in [2.24, 2.45) is 0 Å². The normalized spacial score (nSPS) is 11.5.